The highest BCUT2D eigenvalue weighted by Gasteiger charge is 2.13. The fourth-order valence-electron chi connectivity index (χ4n) is 2.28. The molecule has 19 heavy (non-hydrogen) atoms. The van der Waals surface area contributed by atoms with E-state index in [0.717, 1.165) is 13.0 Å². The van der Waals surface area contributed by atoms with E-state index in [2.05, 4.69) is 30.2 Å². The second-order valence-corrected chi connectivity index (χ2v) is 4.71. The molecule has 0 saturated carbocycles. The first-order valence-electron chi connectivity index (χ1n) is 6.62. The Morgan fingerprint density at radius 1 is 1.21 bits per heavy atom. The topological polar surface area (TPSA) is 45.1 Å². The van der Waals surface area contributed by atoms with Gasteiger partial charge in [-0.05, 0) is 54.8 Å². The zero-order valence-corrected chi connectivity index (χ0v) is 11.4. The minimum Gasteiger partial charge on any atom is -0.508 e. The lowest BCUT2D eigenvalue weighted by Gasteiger charge is -2.20. The average Bonchev–Trinajstić information content (AvgIpc) is 2.41. The molecule has 1 unspecified atom stereocenters. The predicted octanol–water partition coefficient (Wildman–Crippen LogP) is 2.99. The Labute approximate surface area is 114 Å². The summed E-state index contributed by atoms with van der Waals surface area (Å²) < 4.78 is 0. The predicted molar refractivity (Wildman–Crippen MR) is 77.2 cm³/mol. The van der Waals surface area contributed by atoms with Gasteiger partial charge in [0.15, 0.2) is 0 Å². The quantitative estimate of drug-likeness (QED) is 0.864. The first-order valence-corrected chi connectivity index (χ1v) is 6.62. The molecule has 1 aromatic carbocycles. The van der Waals surface area contributed by atoms with Gasteiger partial charge in [-0.25, -0.2) is 0 Å². The molecule has 0 amide bonds. The molecule has 3 nitrogen and oxygen atoms in total. The summed E-state index contributed by atoms with van der Waals surface area (Å²) in [5.41, 5.74) is 3.69. The number of nitrogens with one attached hydrogen (secondary N) is 1. The van der Waals surface area contributed by atoms with Crippen LogP contribution in [0.2, 0.25) is 0 Å². The number of aromatic nitrogens is 1. The standard InChI is InChI=1S/C16H20N2O/c1-3-18-16(15-8-9-17-11-12(15)2)10-13-4-6-14(19)7-5-13/h4-9,11,16,18-19H,3,10H2,1-2H3. The highest BCUT2D eigenvalue weighted by molar-refractivity contribution is 5.30. The summed E-state index contributed by atoms with van der Waals surface area (Å²) in [6.45, 7) is 5.12. The van der Waals surface area contributed by atoms with Crippen LogP contribution in [0.5, 0.6) is 5.75 Å². The fourth-order valence-corrected chi connectivity index (χ4v) is 2.28. The molecule has 100 valence electrons. The smallest absolute Gasteiger partial charge is 0.115 e. The maximum atomic E-state index is 9.33. The van der Waals surface area contributed by atoms with Crippen LogP contribution in [-0.2, 0) is 6.42 Å². The molecule has 1 aromatic heterocycles. The molecule has 2 rings (SSSR count). The number of hydrogen-bond donors (Lipinski definition) is 2. The van der Waals surface area contributed by atoms with Gasteiger partial charge < -0.3 is 10.4 Å². The van der Waals surface area contributed by atoms with Crippen LogP contribution in [0.4, 0.5) is 0 Å². The molecule has 0 fully saturated rings. The average molecular weight is 256 g/mol. The lowest BCUT2D eigenvalue weighted by molar-refractivity contribution is 0.474. The van der Waals surface area contributed by atoms with Gasteiger partial charge >= 0.3 is 0 Å². The summed E-state index contributed by atoms with van der Waals surface area (Å²) >= 11 is 0. The number of phenols is 1. The van der Waals surface area contributed by atoms with E-state index in [0.29, 0.717) is 5.75 Å². The second kappa shape index (κ2) is 6.34. The van der Waals surface area contributed by atoms with Crippen LogP contribution in [0.15, 0.2) is 42.7 Å². The SMILES string of the molecule is CCNC(Cc1ccc(O)cc1)c1ccncc1C. The van der Waals surface area contributed by atoms with Crippen molar-refractivity contribution in [2.75, 3.05) is 6.54 Å². The minimum absolute atomic E-state index is 0.276. The molecule has 1 atom stereocenters. The van der Waals surface area contributed by atoms with E-state index in [9.17, 15) is 5.11 Å². The highest BCUT2D eigenvalue weighted by atomic mass is 16.3. The van der Waals surface area contributed by atoms with Crippen LogP contribution in [0, 0.1) is 6.92 Å². The summed E-state index contributed by atoms with van der Waals surface area (Å²) in [5.74, 6) is 0.309. The number of aromatic hydroxyl groups is 1. The third-order valence-electron chi connectivity index (χ3n) is 3.27. The van der Waals surface area contributed by atoms with Gasteiger partial charge in [0, 0.05) is 18.4 Å². The number of aryl methyl sites for hydroxylation is 1. The van der Waals surface area contributed by atoms with Crippen molar-refractivity contribution in [2.24, 2.45) is 0 Å². The number of hydrogen-bond acceptors (Lipinski definition) is 3. The first kappa shape index (κ1) is 13.6. The molecule has 0 saturated heterocycles. The molecule has 0 spiro atoms. The largest absolute Gasteiger partial charge is 0.508 e. The summed E-state index contributed by atoms with van der Waals surface area (Å²) in [6.07, 6.45) is 4.64. The van der Waals surface area contributed by atoms with Crippen LogP contribution < -0.4 is 5.32 Å². The van der Waals surface area contributed by atoms with Crippen molar-refractivity contribution in [3.63, 3.8) is 0 Å². The van der Waals surface area contributed by atoms with E-state index in [1.165, 1.54) is 16.7 Å². The Balaban J connectivity index is 2.21. The molecule has 3 heteroatoms. The Hall–Kier alpha value is -1.87. The van der Waals surface area contributed by atoms with Crippen molar-refractivity contribution < 1.29 is 5.11 Å². The van der Waals surface area contributed by atoms with Crippen molar-refractivity contribution in [3.05, 3.63) is 59.4 Å². The van der Waals surface area contributed by atoms with E-state index in [1.54, 1.807) is 12.1 Å². The number of pyridine rings is 1. The Bertz CT molecular complexity index is 523. The van der Waals surface area contributed by atoms with Gasteiger partial charge in [-0.15, -0.1) is 0 Å². The molecular weight excluding hydrogens is 236 g/mol. The maximum Gasteiger partial charge on any atom is 0.115 e. The van der Waals surface area contributed by atoms with Crippen molar-refractivity contribution in [1.29, 1.82) is 0 Å². The number of nitrogens with zero attached hydrogens (tertiary/aromatic N) is 1. The van der Waals surface area contributed by atoms with Crippen LogP contribution in [-0.4, -0.2) is 16.6 Å². The van der Waals surface area contributed by atoms with Crippen molar-refractivity contribution in [2.45, 2.75) is 26.3 Å². The lowest BCUT2D eigenvalue weighted by Crippen LogP contribution is -2.23. The first-order chi connectivity index (χ1) is 9.20. The van der Waals surface area contributed by atoms with Crippen LogP contribution >= 0.6 is 0 Å². The fraction of sp³-hybridized carbons (Fsp3) is 0.312. The van der Waals surface area contributed by atoms with Crippen molar-refractivity contribution in [3.8, 4) is 5.75 Å². The van der Waals surface area contributed by atoms with Crippen LogP contribution in [0.3, 0.4) is 0 Å². The molecule has 0 radical (unpaired) electrons. The number of rotatable bonds is 5. The van der Waals surface area contributed by atoms with Gasteiger partial charge in [-0.3, -0.25) is 4.98 Å². The van der Waals surface area contributed by atoms with E-state index in [-0.39, 0.29) is 6.04 Å². The zero-order valence-electron chi connectivity index (χ0n) is 11.4. The minimum atomic E-state index is 0.276. The highest BCUT2D eigenvalue weighted by Crippen LogP contribution is 2.22. The summed E-state index contributed by atoms with van der Waals surface area (Å²) in [6, 6.07) is 9.75. The van der Waals surface area contributed by atoms with Gasteiger partial charge in [0.2, 0.25) is 0 Å². The van der Waals surface area contributed by atoms with Gasteiger partial charge in [0.05, 0.1) is 0 Å². The summed E-state index contributed by atoms with van der Waals surface area (Å²) in [5, 5.41) is 12.8. The number of likely N-dealkylation sites (N-methyl/N-ethyl adjacent to an activating group) is 1. The second-order valence-electron chi connectivity index (χ2n) is 4.71. The zero-order chi connectivity index (χ0) is 13.7. The van der Waals surface area contributed by atoms with Crippen molar-refractivity contribution >= 4 is 0 Å². The summed E-state index contributed by atoms with van der Waals surface area (Å²) in [4.78, 5) is 4.15. The van der Waals surface area contributed by atoms with Gasteiger partial charge in [-0.1, -0.05) is 19.1 Å². The molecule has 0 aliphatic rings. The summed E-state index contributed by atoms with van der Waals surface area (Å²) in [7, 11) is 0. The lowest BCUT2D eigenvalue weighted by atomic mass is 9.96. The number of phenolic OH excluding ortho intramolecular Hbond substituents is 1. The van der Waals surface area contributed by atoms with E-state index < -0.39 is 0 Å². The van der Waals surface area contributed by atoms with E-state index in [4.69, 9.17) is 0 Å². The Kier molecular flexibility index (Phi) is 4.53. The third-order valence-corrected chi connectivity index (χ3v) is 3.27. The molecular formula is C16H20N2O. The molecule has 1 heterocycles. The molecule has 0 bridgehead atoms. The molecule has 2 aromatic rings. The van der Waals surface area contributed by atoms with Crippen LogP contribution in [0.1, 0.15) is 29.7 Å². The monoisotopic (exact) mass is 256 g/mol. The van der Waals surface area contributed by atoms with E-state index in [1.807, 2.05) is 24.5 Å². The molecule has 2 N–H and O–H groups in total. The van der Waals surface area contributed by atoms with E-state index >= 15 is 0 Å². The Morgan fingerprint density at radius 2 is 1.95 bits per heavy atom. The van der Waals surface area contributed by atoms with Gasteiger partial charge in [0.1, 0.15) is 5.75 Å². The van der Waals surface area contributed by atoms with Gasteiger partial charge in [-0.2, -0.15) is 0 Å². The Morgan fingerprint density at radius 3 is 2.58 bits per heavy atom. The van der Waals surface area contributed by atoms with Crippen LogP contribution in [0.25, 0.3) is 0 Å². The molecule has 0 aliphatic heterocycles. The van der Waals surface area contributed by atoms with Gasteiger partial charge in [0.25, 0.3) is 0 Å². The van der Waals surface area contributed by atoms with Crippen molar-refractivity contribution in [1.82, 2.24) is 10.3 Å². The number of benzene rings is 1. The normalized spacial score (nSPS) is 12.3. The third kappa shape index (κ3) is 3.55. The molecule has 0 aliphatic carbocycles. The maximum absolute atomic E-state index is 9.33.